The van der Waals surface area contributed by atoms with Gasteiger partial charge in [-0.25, -0.2) is 8.42 Å². The van der Waals surface area contributed by atoms with Gasteiger partial charge in [-0.05, 0) is 40.7 Å². The molecule has 5 heteroatoms. The predicted octanol–water partition coefficient (Wildman–Crippen LogP) is 5.84. The second-order valence-electron chi connectivity index (χ2n) is 8.64. The average molecular weight is 438 g/mol. The minimum absolute atomic E-state index is 0.172. The molecular formula is C26H31NO3S. The Morgan fingerprint density at radius 2 is 1.42 bits per heavy atom. The molecule has 0 saturated carbocycles. The van der Waals surface area contributed by atoms with Gasteiger partial charge >= 0.3 is 0 Å². The van der Waals surface area contributed by atoms with Crippen LogP contribution in [0.1, 0.15) is 56.8 Å². The number of hydrogen-bond donors (Lipinski definition) is 1. The third-order valence-electron chi connectivity index (χ3n) is 5.10. The maximum absolute atomic E-state index is 13.7. The van der Waals surface area contributed by atoms with E-state index in [2.05, 4.69) is 25.5 Å². The molecule has 0 amide bonds. The van der Waals surface area contributed by atoms with Gasteiger partial charge in [0.15, 0.2) is 0 Å². The van der Waals surface area contributed by atoms with Crippen LogP contribution in [0.5, 0.6) is 5.75 Å². The summed E-state index contributed by atoms with van der Waals surface area (Å²) in [5, 5.41) is 0. The molecule has 3 aromatic carbocycles. The first-order valence-electron chi connectivity index (χ1n) is 10.6. The van der Waals surface area contributed by atoms with Gasteiger partial charge in [-0.3, -0.25) is 0 Å². The molecule has 1 N–H and O–H groups in total. The van der Waals surface area contributed by atoms with Crippen molar-refractivity contribution in [3.05, 3.63) is 95.6 Å². The lowest BCUT2D eigenvalue weighted by molar-refractivity contribution is 0.308. The molecule has 0 bridgehead atoms. The fourth-order valence-corrected chi connectivity index (χ4v) is 4.74. The number of nitrogens with one attached hydrogen (secondary N) is 1. The Morgan fingerprint density at radius 3 is 1.90 bits per heavy atom. The fourth-order valence-electron chi connectivity index (χ4n) is 3.35. The Bertz CT molecular complexity index is 1050. The highest BCUT2D eigenvalue weighted by atomic mass is 32.2. The minimum Gasteiger partial charge on any atom is -0.492 e. The summed E-state index contributed by atoms with van der Waals surface area (Å²) >= 11 is 0. The molecule has 164 valence electrons. The molecule has 0 saturated heterocycles. The molecule has 3 rings (SSSR count). The zero-order chi connectivity index (χ0) is 22.5. The molecule has 4 nitrogen and oxygen atoms in total. The van der Waals surface area contributed by atoms with Gasteiger partial charge in [-0.1, -0.05) is 94.4 Å². The number of benzene rings is 3. The largest absolute Gasteiger partial charge is 0.492 e. The summed E-state index contributed by atoms with van der Waals surface area (Å²) in [6, 6.07) is 24.1. The van der Waals surface area contributed by atoms with E-state index in [1.165, 1.54) is 0 Å². The summed E-state index contributed by atoms with van der Waals surface area (Å²) in [6.07, 6.45) is 0.796. The van der Waals surface area contributed by atoms with Gasteiger partial charge in [0.25, 0.3) is 0 Å². The van der Waals surface area contributed by atoms with E-state index < -0.39 is 16.1 Å². The lowest BCUT2D eigenvalue weighted by Gasteiger charge is -2.24. The van der Waals surface area contributed by atoms with Crippen molar-refractivity contribution in [3.63, 3.8) is 0 Å². The molecule has 0 unspecified atom stereocenters. The molecule has 0 atom stereocenters. The van der Waals surface area contributed by atoms with Crippen molar-refractivity contribution in [2.75, 3.05) is 6.61 Å². The Balaban J connectivity index is 2.08. The first-order chi connectivity index (χ1) is 14.7. The van der Waals surface area contributed by atoms with Gasteiger partial charge in [0, 0.05) is 0 Å². The van der Waals surface area contributed by atoms with Gasteiger partial charge in [0.05, 0.1) is 12.6 Å². The van der Waals surface area contributed by atoms with Crippen LogP contribution < -0.4 is 9.46 Å². The summed E-state index contributed by atoms with van der Waals surface area (Å²) in [7, 11) is -3.87. The van der Waals surface area contributed by atoms with Crippen LogP contribution in [0.4, 0.5) is 0 Å². The quantitative estimate of drug-likeness (QED) is 0.482. The molecule has 31 heavy (non-hydrogen) atoms. The summed E-state index contributed by atoms with van der Waals surface area (Å²) in [5.41, 5.74) is 2.50. The van der Waals surface area contributed by atoms with E-state index in [0.29, 0.717) is 12.4 Å². The van der Waals surface area contributed by atoms with E-state index in [4.69, 9.17) is 4.74 Å². The number of hydrogen-bond acceptors (Lipinski definition) is 3. The number of ether oxygens (including phenoxy) is 1. The maximum Gasteiger partial charge on any atom is 0.245 e. The normalized spacial score (nSPS) is 12.2. The average Bonchev–Trinajstić information content (AvgIpc) is 2.76. The summed E-state index contributed by atoms with van der Waals surface area (Å²) in [6.45, 7) is 8.65. The SMILES string of the molecule is CCCOc1ccc(C(C)(C)C)cc1S(=O)(=O)NC(c1ccccc1)c1ccccc1. The standard InChI is InChI=1S/C26H31NO3S/c1-5-18-30-23-17-16-22(26(2,3)4)19-24(23)31(28,29)27-25(20-12-8-6-9-13-20)21-14-10-7-11-15-21/h6-17,19,25,27H,5,18H2,1-4H3. The summed E-state index contributed by atoms with van der Waals surface area (Å²) in [5.74, 6) is 0.377. The van der Waals surface area contributed by atoms with Crippen LogP contribution in [0, 0.1) is 0 Å². The van der Waals surface area contributed by atoms with Crippen LogP contribution >= 0.6 is 0 Å². The predicted molar refractivity (Wildman–Crippen MR) is 126 cm³/mol. The lowest BCUT2D eigenvalue weighted by atomic mass is 9.87. The third-order valence-corrected chi connectivity index (χ3v) is 6.54. The van der Waals surface area contributed by atoms with Crippen molar-refractivity contribution in [1.29, 1.82) is 0 Å². The van der Waals surface area contributed by atoms with Crippen molar-refractivity contribution in [3.8, 4) is 5.75 Å². The smallest absolute Gasteiger partial charge is 0.245 e. The molecule has 3 aromatic rings. The van der Waals surface area contributed by atoms with E-state index >= 15 is 0 Å². The van der Waals surface area contributed by atoms with E-state index in [9.17, 15) is 8.42 Å². The first-order valence-corrected chi connectivity index (χ1v) is 12.1. The molecular weight excluding hydrogens is 406 g/mol. The molecule has 0 aliphatic carbocycles. The monoisotopic (exact) mass is 437 g/mol. The van der Waals surface area contributed by atoms with E-state index in [1.807, 2.05) is 73.7 Å². The zero-order valence-electron chi connectivity index (χ0n) is 18.6. The summed E-state index contributed by atoms with van der Waals surface area (Å²) in [4.78, 5) is 0.172. The van der Waals surface area contributed by atoms with Crippen LogP contribution in [0.3, 0.4) is 0 Å². The molecule has 0 radical (unpaired) electrons. The van der Waals surface area contributed by atoms with Gasteiger partial charge in [-0.2, -0.15) is 4.72 Å². The van der Waals surface area contributed by atoms with Crippen molar-refractivity contribution in [2.45, 2.75) is 50.5 Å². The van der Waals surface area contributed by atoms with Crippen LogP contribution in [-0.2, 0) is 15.4 Å². The Morgan fingerprint density at radius 1 is 0.871 bits per heavy atom. The second-order valence-corrected chi connectivity index (χ2v) is 10.3. The van der Waals surface area contributed by atoms with Gasteiger partial charge in [-0.15, -0.1) is 0 Å². The van der Waals surface area contributed by atoms with Gasteiger partial charge in [0.2, 0.25) is 10.0 Å². The van der Waals surface area contributed by atoms with E-state index in [0.717, 1.165) is 23.1 Å². The molecule has 0 aliphatic heterocycles. The van der Waals surface area contributed by atoms with Crippen molar-refractivity contribution in [1.82, 2.24) is 4.72 Å². The summed E-state index contributed by atoms with van der Waals surface area (Å²) < 4.78 is 36.1. The highest BCUT2D eigenvalue weighted by molar-refractivity contribution is 7.89. The fraction of sp³-hybridized carbons (Fsp3) is 0.308. The lowest BCUT2D eigenvalue weighted by Crippen LogP contribution is -2.30. The molecule has 0 aliphatic rings. The highest BCUT2D eigenvalue weighted by Gasteiger charge is 2.27. The Labute approximate surface area is 186 Å². The minimum atomic E-state index is -3.87. The van der Waals surface area contributed by atoms with Crippen LogP contribution in [-0.4, -0.2) is 15.0 Å². The van der Waals surface area contributed by atoms with Crippen molar-refractivity contribution in [2.24, 2.45) is 0 Å². The molecule has 0 heterocycles. The van der Waals surface area contributed by atoms with E-state index in [1.54, 1.807) is 12.1 Å². The van der Waals surface area contributed by atoms with Crippen LogP contribution in [0.15, 0.2) is 83.8 Å². The third kappa shape index (κ3) is 5.75. The second kappa shape index (κ2) is 9.67. The molecule has 0 spiro atoms. The van der Waals surface area contributed by atoms with E-state index in [-0.39, 0.29) is 10.3 Å². The van der Waals surface area contributed by atoms with Crippen molar-refractivity contribution >= 4 is 10.0 Å². The van der Waals surface area contributed by atoms with Crippen LogP contribution in [0.25, 0.3) is 0 Å². The molecule has 0 fully saturated rings. The van der Waals surface area contributed by atoms with Crippen molar-refractivity contribution < 1.29 is 13.2 Å². The van der Waals surface area contributed by atoms with Gasteiger partial charge < -0.3 is 4.74 Å². The molecule has 0 aromatic heterocycles. The number of rotatable bonds is 8. The maximum atomic E-state index is 13.7. The Kier molecular flexibility index (Phi) is 7.19. The Hall–Kier alpha value is -2.63. The first kappa shape index (κ1) is 23.0. The van der Waals surface area contributed by atoms with Crippen LogP contribution in [0.2, 0.25) is 0 Å². The topological polar surface area (TPSA) is 55.4 Å². The number of sulfonamides is 1. The zero-order valence-corrected chi connectivity index (χ0v) is 19.4. The highest BCUT2D eigenvalue weighted by Crippen LogP contribution is 2.33. The van der Waals surface area contributed by atoms with Gasteiger partial charge in [0.1, 0.15) is 10.6 Å².